The van der Waals surface area contributed by atoms with Gasteiger partial charge in [-0.05, 0) is 36.7 Å². The van der Waals surface area contributed by atoms with Crippen molar-refractivity contribution in [1.82, 2.24) is 29.4 Å². The van der Waals surface area contributed by atoms with Crippen molar-refractivity contribution >= 4 is 39.4 Å². The van der Waals surface area contributed by atoms with Crippen LogP contribution in [0.5, 0.6) is 5.75 Å². The topological polar surface area (TPSA) is 78.1 Å². The van der Waals surface area contributed by atoms with Gasteiger partial charge < -0.3 is 4.74 Å². The lowest BCUT2D eigenvalue weighted by molar-refractivity contribution is 0.415. The number of hydrogen-bond acceptors (Lipinski definition) is 8. The molecule has 10 heteroatoms. The van der Waals surface area contributed by atoms with Crippen LogP contribution in [0.3, 0.4) is 0 Å². The monoisotopic (exact) mass is 364 g/mol. The summed E-state index contributed by atoms with van der Waals surface area (Å²) in [6.45, 7) is 1.89. The van der Waals surface area contributed by atoms with Crippen LogP contribution in [0.25, 0.3) is 26.2 Å². The van der Waals surface area contributed by atoms with Crippen LogP contribution in [0.15, 0.2) is 18.2 Å². The van der Waals surface area contributed by atoms with E-state index in [1.807, 2.05) is 25.1 Å². The van der Waals surface area contributed by atoms with Gasteiger partial charge in [-0.1, -0.05) is 27.4 Å². The quantitative estimate of drug-likeness (QED) is 0.554. The Hall–Kier alpha value is -2.10. The second-order valence-electron chi connectivity index (χ2n) is 4.66. The van der Waals surface area contributed by atoms with Crippen LogP contribution in [0, 0.1) is 6.92 Å². The fourth-order valence-electron chi connectivity index (χ4n) is 2.11. The zero-order valence-corrected chi connectivity index (χ0v) is 14.4. The minimum Gasteiger partial charge on any atom is -0.495 e. The Kier molecular flexibility index (Phi) is 3.47. The fraction of sp³-hybridized carbons (Fsp3) is 0.154. The molecule has 0 aliphatic heterocycles. The molecular formula is C13H9ClN6OS2. The van der Waals surface area contributed by atoms with E-state index in [0.29, 0.717) is 21.6 Å². The van der Waals surface area contributed by atoms with Crippen molar-refractivity contribution in [3.05, 3.63) is 28.9 Å². The number of hydrogen-bond donors (Lipinski definition) is 0. The highest BCUT2D eigenvalue weighted by molar-refractivity contribution is 7.19. The van der Waals surface area contributed by atoms with Gasteiger partial charge in [0.1, 0.15) is 15.6 Å². The van der Waals surface area contributed by atoms with Crippen molar-refractivity contribution in [2.75, 3.05) is 7.11 Å². The molecule has 23 heavy (non-hydrogen) atoms. The first-order valence-corrected chi connectivity index (χ1v) is 8.49. The molecule has 0 radical (unpaired) electrons. The van der Waals surface area contributed by atoms with E-state index >= 15 is 0 Å². The molecule has 116 valence electrons. The lowest BCUT2D eigenvalue weighted by atomic mass is 10.2. The van der Waals surface area contributed by atoms with Crippen LogP contribution in [-0.2, 0) is 0 Å². The third-order valence-corrected chi connectivity index (χ3v) is 5.31. The number of fused-ring (bicyclic) bond motifs is 1. The first-order valence-electron chi connectivity index (χ1n) is 6.53. The Morgan fingerprint density at radius 1 is 1.22 bits per heavy atom. The average Bonchev–Trinajstić information content (AvgIpc) is 3.22. The molecule has 4 aromatic rings. The van der Waals surface area contributed by atoms with Gasteiger partial charge in [-0.15, -0.1) is 15.3 Å². The maximum atomic E-state index is 6.19. The average molecular weight is 365 g/mol. The summed E-state index contributed by atoms with van der Waals surface area (Å²) in [6, 6.07) is 5.55. The third-order valence-electron chi connectivity index (χ3n) is 3.24. The van der Waals surface area contributed by atoms with E-state index in [4.69, 9.17) is 16.3 Å². The second-order valence-corrected chi connectivity index (χ2v) is 6.78. The molecule has 4 rings (SSSR count). The van der Waals surface area contributed by atoms with Gasteiger partial charge in [0.2, 0.25) is 4.96 Å². The molecule has 0 bridgehead atoms. The molecule has 0 atom stereocenters. The van der Waals surface area contributed by atoms with Gasteiger partial charge >= 0.3 is 0 Å². The lowest BCUT2D eigenvalue weighted by Gasteiger charge is -2.03. The molecule has 1 aromatic carbocycles. The summed E-state index contributed by atoms with van der Waals surface area (Å²) in [7, 11) is 1.59. The van der Waals surface area contributed by atoms with Gasteiger partial charge in [-0.2, -0.15) is 9.61 Å². The zero-order chi connectivity index (χ0) is 16.0. The van der Waals surface area contributed by atoms with Crippen LogP contribution >= 0.6 is 34.5 Å². The SMILES string of the molecule is COc1ccc(-c2nn3c(-c4snnc4C)nnc3s2)cc1Cl. The first-order chi connectivity index (χ1) is 11.2. The first kappa shape index (κ1) is 14.5. The molecule has 3 heterocycles. The molecule has 0 aliphatic rings. The number of halogens is 1. The predicted octanol–water partition coefficient (Wildman–Crippen LogP) is 3.34. The number of rotatable bonds is 3. The Labute approximate surface area is 143 Å². The molecular weight excluding hydrogens is 356 g/mol. The van der Waals surface area contributed by atoms with Gasteiger partial charge in [-0.25, -0.2) is 0 Å². The Balaban J connectivity index is 1.83. The van der Waals surface area contributed by atoms with Gasteiger partial charge in [0, 0.05) is 5.56 Å². The molecule has 0 amide bonds. The number of nitrogens with zero attached hydrogens (tertiary/aromatic N) is 6. The van der Waals surface area contributed by atoms with E-state index in [2.05, 4.69) is 24.9 Å². The van der Waals surface area contributed by atoms with Crippen molar-refractivity contribution < 1.29 is 4.74 Å². The molecule has 0 N–H and O–H groups in total. The second kappa shape index (κ2) is 5.52. The van der Waals surface area contributed by atoms with Gasteiger partial charge in [0.25, 0.3) is 0 Å². The normalized spacial score (nSPS) is 11.3. The molecule has 7 nitrogen and oxygen atoms in total. The Bertz CT molecular complexity index is 1010. The summed E-state index contributed by atoms with van der Waals surface area (Å²) in [5.41, 5.74) is 1.71. The summed E-state index contributed by atoms with van der Waals surface area (Å²) in [6.07, 6.45) is 0. The highest BCUT2D eigenvalue weighted by Crippen LogP contribution is 2.33. The van der Waals surface area contributed by atoms with Crippen molar-refractivity contribution in [1.29, 1.82) is 0 Å². The van der Waals surface area contributed by atoms with E-state index < -0.39 is 0 Å². The minimum absolute atomic E-state index is 0.540. The van der Waals surface area contributed by atoms with E-state index in [-0.39, 0.29) is 0 Å². The highest BCUT2D eigenvalue weighted by Gasteiger charge is 2.18. The molecule has 0 aliphatic carbocycles. The third kappa shape index (κ3) is 2.37. The number of aromatic nitrogens is 6. The van der Waals surface area contributed by atoms with Crippen LogP contribution < -0.4 is 4.74 Å². The lowest BCUT2D eigenvalue weighted by Crippen LogP contribution is -1.91. The van der Waals surface area contributed by atoms with Crippen LogP contribution in [0.2, 0.25) is 5.02 Å². The number of benzene rings is 1. The smallest absolute Gasteiger partial charge is 0.235 e. The summed E-state index contributed by atoms with van der Waals surface area (Å²) < 4.78 is 10.8. The summed E-state index contributed by atoms with van der Waals surface area (Å²) in [5, 5.41) is 18.3. The molecule has 3 aromatic heterocycles. The van der Waals surface area contributed by atoms with Crippen molar-refractivity contribution in [2.24, 2.45) is 0 Å². The van der Waals surface area contributed by atoms with Crippen molar-refractivity contribution in [3.63, 3.8) is 0 Å². The fourth-order valence-corrected chi connectivity index (χ4v) is 3.83. The van der Waals surface area contributed by atoms with Crippen molar-refractivity contribution in [3.8, 4) is 27.0 Å². The number of aryl methyl sites for hydroxylation is 1. The Morgan fingerprint density at radius 2 is 2.09 bits per heavy atom. The summed E-state index contributed by atoms with van der Waals surface area (Å²) >= 11 is 8.90. The maximum absolute atomic E-state index is 6.19. The van der Waals surface area contributed by atoms with Gasteiger partial charge in [-0.3, -0.25) is 0 Å². The largest absolute Gasteiger partial charge is 0.495 e. The summed E-state index contributed by atoms with van der Waals surface area (Å²) in [5.74, 6) is 1.28. The van der Waals surface area contributed by atoms with Crippen LogP contribution in [0.4, 0.5) is 0 Å². The molecule has 0 saturated heterocycles. The van der Waals surface area contributed by atoms with Gasteiger partial charge in [0.15, 0.2) is 5.82 Å². The minimum atomic E-state index is 0.540. The Morgan fingerprint density at radius 3 is 2.78 bits per heavy atom. The van der Waals surface area contributed by atoms with Crippen LogP contribution in [0.1, 0.15) is 5.69 Å². The van der Waals surface area contributed by atoms with Gasteiger partial charge in [0.05, 0.1) is 17.8 Å². The van der Waals surface area contributed by atoms with E-state index in [9.17, 15) is 0 Å². The van der Waals surface area contributed by atoms with E-state index in [1.54, 1.807) is 11.6 Å². The standard InChI is InChI=1S/C13H9ClN6OS2/c1-6-10(23-19-15-6)11-16-17-13-20(11)18-12(22-13)7-3-4-9(21-2)8(14)5-7/h3-5H,1-2H3. The van der Waals surface area contributed by atoms with Crippen molar-refractivity contribution in [2.45, 2.75) is 6.92 Å². The molecule has 0 saturated carbocycles. The zero-order valence-electron chi connectivity index (χ0n) is 12.0. The highest BCUT2D eigenvalue weighted by atomic mass is 35.5. The molecule has 0 fully saturated rings. The summed E-state index contributed by atoms with van der Waals surface area (Å²) in [4.78, 5) is 1.57. The van der Waals surface area contributed by atoms with E-state index in [0.717, 1.165) is 21.1 Å². The maximum Gasteiger partial charge on any atom is 0.235 e. The van der Waals surface area contributed by atoms with Crippen LogP contribution in [-0.4, -0.2) is 36.5 Å². The number of methoxy groups -OCH3 is 1. The predicted molar refractivity (Wildman–Crippen MR) is 89.3 cm³/mol. The number of ether oxygens (including phenoxy) is 1. The molecule has 0 spiro atoms. The molecule has 0 unspecified atom stereocenters. The van der Waals surface area contributed by atoms with E-state index in [1.165, 1.54) is 22.9 Å².